The van der Waals surface area contributed by atoms with Crippen LogP contribution < -0.4 is 4.74 Å². The highest BCUT2D eigenvalue weighted by atomic mass is 32.2. The number of sulfonamides is 1. The van der Waals surface area contributed by atoms with Gasteiger partial charge in [0.15, 0.2) is 0 Å². The van der Waals surface area contributed by atoms with Crippen LogP contribution in [0.1, 0.15) is 6.42 Å². The molecule has 0 saturated carbocycles. The SMILES string of the molecule is COCCS(=O)(=O)N1CCC(Oc2cccnc2)C1. The predicted octanol–water partition coefficient (Wildman–Crippen LogP) is 0.511. The maximum atomic E-state index is 12.0. The third-order valence-corrected chi connectivity index (χ3v) is 4.78. The summed E-state index contributed by atoms with van der Waals surface area (Å²) in [6, 6.07) is 3.60. The molecule has 1 aliphatic rings. The van der Waals surface area contributed by atoms with Crippen LogP contribution in [0.2, 0.25) is 0 Å². The molecule has 1 aromatic rings. The fourth-order valence-electron chi connectivity index (χ4n) is 1.97. The van der Waals surface area contributed by atoms with Crippen molar-refractivity contribution in [2.45, 2.75) is 12.5 Å². The highest BCUT2D eigenvalue weighted by molar-refractivity contribution is 7.89. The summed E-state index contributed by atoms with van der Waals surface area (Å²) in [4.78, 5) is 3.96. The van der Waals surface area contributed by atoms with Crippen molar-refractivity contribution in [3.05, 3.63) is 24.5 Å². The number of ether oxygens (including phenoxy) is 2. The fraction of sp³-hybridized carbons (Fsp3) is 0.583. The summed E-state index contributed by atoms with van der Waals surface area (Å²) in [5.41, 5.74) is 0. The Morgan fingerprint density at radius 1 is 1.53 bits per heavy atom. The van der Waals surface area contributed by atoms with E-state index >= 15 is 0 Å². The minimum Gasteiger partial charge on any atom is -0.487 e. The Kier molecular flexibility index (Phi) is 4.73. The van der Waals surface area contributed by atoms with Gasteiger partial charge in [0.25, 0.3) is 0 Å². The molecule has 0 radical (unpaired) electrons. The lowest BCUT2D eigenvalue weighted by atomic mass is 10.3. The summed E-state index contributed by atoms with van der Waals surface area (Å²) in [6.07, 6.45) is 3.88. The lowest BCUT2D eigenvalue weighted by Gasteiger charge is -2.16. The Morgan fingerprint density at radius 2 is 2.37 bits per heavy atom. The van der Waals surface area contributed by atoms with Crippen molar-refractivity contribution < 1.29 is 17.9 Å². The zero-order valence-electron chi connectivity index (χ0n) is 10.9. The summed E-state index contributed by atoms with van der Waals surface area (Å²) < 4.78 is 35.9. The van der Waals surface area contributed by atoms with Gasteiger partial charge >= 0.3 is 0 Å². The maximum absolute atomic E-state index is 12.0. The Bertz CT molecular complexity index is 492. The van der Waals surface area contributed by atoms with Gasteiger partial charge in [0.05, 0.1) is 25.1 Å². The van der Waals surface area contributed by atoms with E-state index in [-0.39, 0.29) is 18.5 Å². The van der Waals surface area contributed by atoms with Crippen LogP contribution in [0.3, 0.4) is 0 Å². The Morgan fingerprint density at radius 3 is 3.05 bits per heavy atom. The molecule has 1 fully saturated rings. The Labute approximate surface area is 113 Å². The van der Waals surface area contributed by atoms with Crippen LogP contribution in [0.5, 0.6) is 5.75 Å². The number of nitrogens with zero attached hydrogens (tertiary/aromatic N) is 2. The quantitative estimate of drug-likeness (QED) is 0.762. The molecular formula is C12H18N2O4S. The number of methoxy groups -OCH3 is 1. The van der Waals surface area contributed by atoms with Gasteiger partial charge in [-0.2, -0.15) is 4.31 Å². The number of hydrogen-bond acceptors (Lipinski definition) is 5. The van der Waals surface area contributed by atoms with Crippen LogP contribution in [-0.2, 0) is 14.8 Å². The lowest BCUT2D eigenvalue weighted by Crippen LogP contribution is -2.34. The molecule has 0 N–H and O–H groups in total. The molecule has 1 saturated heterocycles. The van der Waals surface area contributed by atoms with E-state index in [0.29, 0.717) is 25.3 Å². The van der Waals surface area contributed by atoms with E-state index in [1.165, 1.54) is 11.4 Å². The molecular weight excluding hydrogens is 268 g/mol. The molecule has 0 amide bonds. The third kappa shape index (κ3) is 3.89. The second kappa shape index (κ2) is 6.31. The van der Waals surface area contributed by atoms with Gasteiger partial charge in [0, 0.05) is 19.9 Å². The van der Waals surface area contributed by atoms with Crippen molar-refractivity contribution in [1.82, 2.24) is 9.29 Å². The summed E-state index contributed by atoms with van der Waals surface area (Å²) >= 11 is 0. The molecule has 7 heteroatoms. The molecule has 1 aliphatic heterocycles. The van der Waals surface area contributed by atoms with Crippen LogP contribution in [0.25, 0.3) is 0 Å². The van der Waals surface area contributed by atoms with Gasteiger partial charge in [-0.15, -0.1) is 0 Å². The smallest absolute Gasteiger partial charge is 0.216 e. The van der Waals surface area contributed by atoms with Crippen LogP contribution in [0.15, 0.2) is 24.5 Å². The van der Waals surface area contributed by atoms with E-state index in [1.54, 1.807) is 18.5 Å². The van der Waals surface area contributed by atoms with Gasteiger partial charge < -0.3 is 9.47 Å². The summed E-state index contributed by atoms with van der Waals surface area (Å²) in [7, 11) is -1.74. The van der Waals surface area contributed by atoms with Crippen molar-refractivity contribution in [2.75, 3.05) is 32.6 Å². The second-order valence-electron chi connectivity index (χ2n) is 4.38. The third-order valence-electron chi connectivity index (χ3n) is 2.98. The molecule has 2 rings (SSSR count). The van der Waals surface area contributed by atoms with Gasteiger partial charge in [-0.25, -0.2) is 8.42 Å². The second-order valence-corrected chi connectivity index (χ2v) is 6.47. The first-order valence-electron chi connectivity index (χ1n) is 6.15. The molecule has 6 nitrogen and oxygen atoms in total. The Balaban J connectivity index is 1.89. The highest BCUT2D eigenvalue weighted by Crippen LogP contribution is 2.19. The summed E-state index contributed by atoms with van der Waals surface area (Å²) in [5.74, 6) is 0.687. The number of aromatic nitrogens is 1. The first kappa shape index (κ1) is 14.2. The van der Waals surface area contributed by atoms with Crippen molar-refractivity contribution >= 4 is 10.0 Å². The standard InChI is InChI=1S/C12H18N2O4S/c1-17-7-8-19(15,16)14-6-4-12(10-14)18-11-3-2-5-13-9-11/h2-3,5,9,12H,4,6-8,10H2,1H3. The monoisotopic (exact) mass is 286 g/mol. The molecule has 0 aliphatic carbocycles. The lowest BCUT2D eigenvalue weighted by molar-refractivity contribution is 0.210. The van der Waals surface area contributed by atoms with Crippen LogP contribution in [0.4, 0.5) is 0 Å². The van der Waals surface area contributed by atoms with E-state index in [1.807, 2.05) is 6.07 Å². The Hall–Kier alpha value is -1.18. The molecule has 106 valence electrons. The molecule has 0 aromatic carbocycles. The first-order chi connectivity index (χ1) is 9.12. The topological polar surface area (TPSA) is 68.7 Å². The zero-order valence-corrected chi connectivity index (χ0v) is 11.7. The van der Waals surface area contributed by atoms with E-state index in [2.05, 4.69) is 4.98 Å². The normalized spacial score (nSPS) is 20.6. The van der Waals surface area contributed by atoms with Crippen LogP contribution in [0, 0.1) is 0 Å². The predicted molar refractivity (Wildman–Crippen MR) is 70.5 cm³/mol. The minimum absolute atomic E-state index is 0.0170. The molecule has 0 bridgehead atoms. The first-order valence-corrected chi connectivity index (χ1v) is 7.76. The number of hydrogen-bond donors (Lipinski definition) is 0. The molecule has 19 heavy (non-hydrogen) atoms. The van der Waals surface area contributed by atoms with Crippen LogP contribution >= 0.6 is 0 Å². The van der Waals surface area contributed by atoms with Crippen molar-refractivity contribution in [1.29, 1.82) is 0 Å². The van der Waals surface area contributed by atoms with E-state index < -0.39 is 10.0 Å². The summed E-state index contributed by atoms with van der Waals surface area (Å²) in [5, 5.41) is 0. The van der Waals surface area contributed by atoms with Crippen molar-refractivity contribution in [3.8, 4) is 5.75 Å². The highest BCUT2D eigenvalue weighted by Gasteiger charge is 2.32. The van der Waals surface area contributed by atoms with Gasteiger partial charge in [-0.1, -0.05) is 0 Å². The van der Waals surface area contributed by atoms with Gasteiger partial charge in [-0.05, 0) is 18.6 Å². The van der Waals surface area contributed by atoms with Gasteiger partial charge in [-0.3, -0.25) is 4.98 Å². The maximum Gasteiger partial charge on any atom is 0.216 e. The largest absolute Gasteiger partial charge is 0.487 e. The van der Waals surface area contributed by atoms with Gasteiger partial charge in [0.2, 0.25) is 10.0 Å². The minimum atomic E-state index is -3.23. The van der Waals surface area contributed by atoms with E-state index in [4.69, 9.17) is 9.47 Å². The number of pyridine rings is 1. The molecule has 1 unspecified atom stereocenters. The van der Waals surface area contributed by atoms with E-state index in [0.717, 1.165) is 0 Å². The molecule has 1 aromatic heterocycles. The van der Waals surface area contributed by atoms with Gasteiger partial charge in [0.1, 0.15) is 11.9 Å². The number of rotatable bonds is 6. The fourth-order valence-corrected chi connectivity index (χ4v) is 3.39. The molecule has 1 atom stereocenters. The van der Waals surface area contributed by atoms with Crippen LogP contribution in [-0.4, -0.2) is 56.4 Å². The van der Waals surface area contributed by atoms with Crippen molar-refractivity contribution in [2.24, 2.45) is 0 Å². The molecule has 0 spiro atoms. The summed E-state index contributed by atoms with van der Waals surface area (Å²) in [6.45, 7) is 1.10. The zero-order chi connectivity index (χ0) is 13.7. The average molecular weight is 286 g/mol. The van der Waals surface area contributed by atoms with E-state index in [9.17, 15) is 8.42 Å². The molecule has 2 heterocycles. The van der Waals surface area contributed by atoms with Crippen molar-refractivity contribution in [3.63, 3.8) is 0 Å². The average Bonchev–Trinajstić information content (AvgIpc) is 2.87.